The number of hydrogen-bond acceptors (Lipinski definition) is 6. The predicted molar refractivity (Wildman–Crippen MR) is 101 cm³/mol. The summed E-state index contributed by atoms with van der Waals surface area (Å²) in [7, 11) is 0. The number of nitrogens with two attached hydrogens (primary N) is 1. The molecule has 2 aromatic heterocycles. The predicted octanol–water partition coefficient (Wildman–Crippen LogP) is 2.22. The Morgan fingerprint density at radius 1 is 1.35 bits per heavy atom. The maximum absolute atomic E-state index is 12.7. The van der Waals surface area contributed by atoms with E-state index in [9.17, 15) is 4.79 Å². The molecule has 0 spiro atoms. The lowest BCUT2D eigenvalue weighted by Gasteiger charge is -2.26. The molecule has 26 heavy (non-hydrogen) atoms. The fourth-order valence-electron chi connectivity index (χ4n) is 3.38. The Morgan fingerprint density at radius 2 is 2.15 bits per heavy atom. The van der Waals surface area contributed by atoms with Crippen LogP contribution in [-0.4, -0.2) is 31.2 Å². The first-order chi connectivity index (χ1) is 12.5. The van der Waals surface area contributed by atoms with Crippen molar-refractivity contribution < 1.29 is 4.79 Å². The number of nitrogens with one attached hydrogen (secondary N) is 1. The van der Waals surface area contributed by atoms with E-state index in [1.165, 1.54) is 10.5 Å². The summed E-state index contributed by atoms with van der Waals surface area (Å²) in [4.78, 5) is 22.5. The van der Waals surface area contributed by atoms with Crippen LogP contribution in [-0.2, 0) is 11.2 Å². The molecule has 1 aromatic carbocycles. The molecule has 1 unspecified atom stereocenters. The number of thioether (sulfide) groups is 1. The number of hydrogen-bond donors (Lipinski definition) is 2. The number of nitrogen functional groups attached to an aromatic ring is 1. The van der Waals surface area contributed by atoms with Crippen LogP contribution in [0.1, 0.15) is 35.0 Å². The lowest BCUT2D eigenvalue weighted by Crippen LogP contribution is -2.32. The summed E-state index contributed by atoms with van der Waals surface area (Å²) in [6.45, 7) is 3.79. The first-order valence-electron chi connectivity index (χ1n) is 8.52. The normalized spacial score (nSPS) is 16.5. The molecule has 134 valence electrons. The molecule has 1 atom stereocenters. The minimum absolute atomic E-state index is 0.0165. The van der Waals surface area contributed by atoms with Gasteiger partial charge < -0.3 is 11.1 Å². The second kappa shape index (κ2) is 6.60. The molecule has 8 heteroatoms. The van der Waals surface area contributed by atoms with Gasteiger partial charge in [0.15, 0.2) is 0 Å². The standard InChI is InChI=1S/C18H20N6OS/c1-10-13(11(2)24-18(20-10)22-17(19)23-24)9-16(25)21-14-7-8-26-15-6-4-3-5-12(14)15/h3-6,14H,7-9H2,1-2H3,(H2,19,23)(H,21,25). The molecule has 3 heterocycles. The number of amides is 1. The second-order valence-corrected chi connectivity index (χ2v) is 7.55. The van der Waals surface area contributed by atoms with Gasteiger partial charge in [-0.15, -0.1) is 16.9 Å². The van der Waals surface area contributed by atoms with Crippen LogP contribution in [0.2, 0.25) is 0 Å². The lowest BCUT2D eigenvalue weighted by atomic mass is 10.0. The van der Waals surface area contributed by atoms with Gasteiger partial charge in [0.25, 0.3) is 5.78 Å². The number of rotatable bonds is 3. The first kappa shape index (κ1) is 16.8. The zero-order valence-corrected chi connectivity index (χ0v) is 15.5. The average Bonchev–Trinajstić information content (AvgIpc) is 2.99. The Balaban J connectivity index is 1.57. The molecule has 3 N–H and O–H groups in total. The maximum atomic E-state index is 12.7. The maximum Gasteiger partial charge on any atom is 0.254 e. The van der Waals surface area contributed by atoms with Crippen molar-refractivity contribution in [2.45, 2.75) is 37.6 Å². The highest BCUT2D eigenvalue weighted by molar-refractivity contribution is 7.99. The summed E-state index contributed by atoms with van der Waals surface area (Å²) < 4.78 is 1.59. The van der Waals surface area contributed by atoms with Crippen LogP contribution in [0.5, 0.6) is 0 Å². The quantitative estimate of drug-likeness (QED) is 0.736. The third-order valence-electron chi connectivity index (χ3n) is 4.70. The molecule has 1 aliphatic rings. The van der Waals surface area contributed by atoms with Gasteiger partial charge in [-0.25, -0.2) is 4.98 Å². The molecule has 1 aliphatic heterocycles. The van der Waals surface area contributed by atoms with Gasteiger partial charge in [-0.1, -0.05) is 18.2 Å². The highest BCUT2D eigenvalue weighted by Gasteiger charge is 2.23. The van der Waals surface area contributed by atoms with Crippen LogP contribution in [0.15, 0.2) is 29.2 Å². The van der Waals surface area contributed by atoms with E-state index < -0.39 is 0 Å². The molecule has 0 radical (unpaired) electrons. The van der Waals surface area contributed by atoms with Crippen molar-refractivity contribution in [3.05, 3.63) is 46.8 Å². The van der Waals surface area contributed by atoms with Gasteiger partial charge in [0.05, 0.1) is 12.5 Å². The van der Waals surface area contributed by atoms with Crippen LogP contribution in [0, 0.1) is 13.8 Å². The lowest BCUT2D eigenvalue weighted by molar-refractivity contribution is -0.121. The van der Waals surface area contributed by atoms with Gasteiger partial charge in [-0.05, 0) is 31.9 Å². The number of anilines is 1. The number of carbonyl (C=O) groups is 1. The monoisotopic (exact) mass is 368 g/mol. The number of benzene rings is 1. The Kier molecular flexibility index (Phi) is 4.28. The Bertz CT molecular complexity index is 999. The highest BCUT2D eigenvalue weighted by atomic mass is 32.2. The molecule has 0 saturated carbocycles. The smallest absolute Gasteiger partial charge is 0.254 e. The van der Waals surface area contributed by atoms with Crippen LogP contribution in [0.4, 0.5) is 5.95 Å². The van der Waals surface area contributed by atoms with Gasteiger partial charge in [-0.3, -0.25) is 4.79 Å². The first-order valence-corrected chi connectivity index (χ1v) is 9.51. The summed E-state index contributed by atoms with van der Waals surface area (Å²) in [6.07, 6.45) is 1.19. The van der Waals surface area contributed by atoms with Crippen LogP contribution in [0.3, 0.4) is 0 Å². The summed E-state index contributed by atoms with van der Waals surface area (Å²) in [5.74, 6) is 1.63. The summed E-state index contributed by atoms with van der Waals surface area (Å²) in [5, 5.41) is 7.33. The molecule has 7 nitrogen and oxygen atoms in total. The van der Waals surface area contributed by atoms with Gasteiger partial charge >= 0.3 is 0 Å². The van der Waals surface area contributed by atoms with Crippen molar-refractivity contribution in [2.75, 3.05) is 11.5 Å². The largest absolute Gasteiger partial charge is 0.366 e. The molecule has 0 saturated heterocycles. The SMILES string of the molecule is Cc1nc2nc(N)nn2c(C)c1CC(=O)NC1CCSc2ccccc21. The molecule has 4 rings (SSSR count). The van der Waals surface area contributed by atoms with Gasteiger partial charge in [0.1, 0.15) is 0 Å². The van der Waals surface area contributed by atoms with Crippen molar-refractivity contribution >= 4 is 29.4 Å². The van der Waals surface area contributed by atoms with E-state index in [4.69, 9.17) is 5.73 Å². The van der Waals surface area contributed by atoms with Gasteiger partial charge in [0, 0.05) is 27.6 Å². The Hall–Kier alpha value is -2.61. The fourth-order valence-corrected chi connectivity index (χ4v) is 4.50. The third-order valence-corrected chi connectivity index (χ3v) is 5.82. The van der Waals surface area contributed by atoms with E-state index in [1.807, 2.05) is 37.7 Å². The van der Waals surface area contributed by atoms with Gasteiger partial charge in [-0.2, -0.15) is 9.50 Å². The van der Waals surface area contributed by atoms with Crippen LogP contribution >= 0.6 is 11.8 Å². The van der Waals surface area contributed by atoms with E-state index in [-0.39, 0.29) is 24.3 Å². The third kappa shape index (κ3) is 3.01. The van der Waals surface area contributed by atoms with Crippen molar-refractivity contribution in [3.63, 3.8) is 0 Å². The van der Waals surface area contributed by atoms with Crippen LogP contribution in [0.25, 0.3) is 5.78 Å². The van der Waals surface area contributed by atoms with Crippen molar-refractivity contribution in [1.82, 2.24) is 24.9 Å². The minimum atomic E-state index is -0.0165. The zero-order chi connectivity index (χ0) is 18.3. The molecular formula is C18H20N6OS. The minimum Gasteiger partial charge on any atom is -0.366 e. The van der Waals surface area contributed by atoms with Crippen molar-refractivity contribution in [1.29, 1.82) is 0 Å². The number of fused-ring (bicyclic) bond motifs is 2. The van der Waals surface area contributed by atoms with E-state index in [1.54, 1.807) is 4.52 Å². The topological polar surface area (TPSA) is 98.2 Å². The zero-order valence-electron chi connectivity index (χ0n) is 14.7. The molecule has 1 amide bonds. The number of aromatic nitrogens is 4. The highest BCUT2D eigenvalue weighted by Crippen LogP contribution is 2.35. The number of aryl methyl sites for hydroxylation is 2. The number of nitrogens with zero attached hydrogens (tertiary/aromatic N) is 4. The molecule has 0 fully saturated rings. The van der Waals surface area contributed by atoms with Crippen molar-refractivity contribution in [3.8, 4) is 0 Å². The average molecular weight is 368 g/mol. The van der Waals surface area contributed by atoms with Crippen molar-refractivity contribution in [2.24, 2.45) is 0 Å². The summed E-state index contributed by atoms with van der Waals surface area (Å²) >= 11 is 1.84. The number of carbonyl (C=O) groups excluding carboxylic acids is 1. The Labute approximate surface area is 155 Å². The molecule has 0 bridgehead atoms. The van der Waals surface area contributed by atoms with Gasteiger partial charge in [0.2, 0.25) is 11.9 Å². The fraction of sp³-hybridized carbons (Fsp3) is 0.333. The molecule has 3 aromatic rings. The molecular weight excluding hydrogens is 348 g/mol. The van der Waals surface area contributed by atoms with Crippen LogP contribution < -0.4 is 11.1 Å². The second-order valence-electron chi connectivity index (χ2n) is 6.41. The molecule has 0 aliphatic carbocycles. The summed E-state index contributed by atoms with van der Waals surface area (Å²) in [6, 6.07) is 8.31. The Morgan fingerprint density at radius 3 is 3.00 bits per heavy atom. The van der Waals surface area contributed by atoms with E-state index in [0.29, 0.717) is 5.78 Å². The van der Waals surface area contributed by atoms with E-state index in [0.717, 1.165) is 29.1 Å². The summed E-state index contributed by atoms with van der Waals surface area (Å²) in [5.41, 5.74) is 9.34. The van der Waals surface area contributed by atoms with E-state index >= 15 is 0 Å². The van der Waals surface area contributed by atoms with E-state index in [2.05, 4.69) is 32.5 Å².